The number of carboxylic acid groups (broad SMARTS) is 1. The number of carboxylic acids is 1. The van der Waals surface area contributed by atoms with Crippen molar-refractivity contribution in [3.8, 4) is 16.5 Å². The molecule has 84 valence electrons. The first-order chi connectivity index (χ1) is 8.10. The molecule has 0 saturated heterocycles. The van der Waals surface area contributed by atoms with E-state index < -0.39 is 11.8 Å². The monoisotopic (exact) mass is 247 g/mol. The van der Waals surface area contributed by atoms with E-state index >= 15 is 0 Å². The summed E-state index contributed by atoms with van der Waals surface area (Å²) in [4.78, 5) is 11.3. The minimum absolute atomic E-state index is 0.160. The number of hydrogen-bond donors (Lipinski definition) is 1. The van der Waals surface area contributed by atoms with E-state index in [1.807, 2.05) is 6.07 Å². The van der Waals surface area contributed by atoms with Gasteiger partial charge in [-0.25, -0.2) is 9.18 Å². The summed E-state index contributed by atoms with van der Waals surface area (Å²) in [7, 11) is 0. The van der Waals surface area contributed by atoms with Crippen LogP contribution in [0.1, 0.15) is 15.9 Å². The van der Waals surface area contributed by atoms with Crippen LogP contribution in [0.4, 0.5) is 4.39 Å². The third kappa shape index (κ3) is 2.32. The zero-order valence-corrected chi connectivity index (χ0v) is 9.29. The van der Waals surface area contributed by atoms with Gasteiger partial charge in [0.1, 0.15) is 5.82 Å². The fourth-order valence-corrected chi connectivity index (χ4v) is 2.27. The Morgan fingerprint density at radius 2 is 2.12 bits per heavy atom. The van der Waals surface area contributed by atoms with Crippen molar-refractivity contribution in [2.24, 2.45) is 0 Å². The highest BCUT2D eigenvalue weighted by Crippen LogP contribution is 2.28. The van der Waals surface area contributed by atoms with Crippen LogP contribution < -0.4 is 0 Å². The van der Waals surface area contributed by atoms with Crippen LogP contribution in [-0.4, -0.2) is 11.1 Å². The van der Waals surface area contributed by atoms with E-state index in [0.717, 1.165) is 6.07 Å². The van der Waals surface area contributed by atoms with E-state index in [-0.39, 0.29) is 11.1 Å². The standard InChI is InChI=1S/C12H6FNO2S/c13-10-2-7(5-14)1-8(3-10)11-4-9(6-17-11)12(15)16/h1-4,6H,(H,15,16). The molecule has 0 bridgehead atoms. The lowest BCUT2D eigenvalue weighted by molar-refractivity contribution is 0.0697. The highest BCUT2D eigenvalue weighted by atomic mass is 32.1. The molecule has 1 heterocycles. The van der Waals surface area contributed by atoms with Gasteiger partial charge in [0.15, 0.2) is 0 Å². The number of halogens is 1. The second-order valence-electron chi connectivity index (χ2n) is 3.35. The topological polar surface area (TPSA) is 61.1 Å². The average molecular weight is 247 g/mol. The van der Waals surface area contributed by atoms with E-state index in [1.54, 1.807) is 0 Å². The average Bonchev–Trinajstić information content (AvgIpc) is 2.77. The molecule has 0 saturated carbocycles. The molecule has 1 N–H and O–H groups in total. The maximum atomic E-state index is 13.2. The van der Waals surface area contributed by atoms with Crippen molar-refractivity contribution in [2.45, 2.75) is 0 Å². The Morgan fingerprint density at radius 3 is 2.71 bits per heavy atom. The van der Waals surface area contributed by atoms with E-state index in [1.165, 1.54) is 34.9 Å². The van der Waals surface area contributed by atoms with Crippen LogP contribution >= 0.6 is 11.3 Å². The van der Waals surface area contributed by atoms with Gasteiger partial charge in [-0.3, -0.25) is 0 Å². The van der Waals surface area contributed by atoms with Gasteiger partial charge in [0, 0.05) is 10.3 Å². The third-order valence-electron chi connectivity index (χ3n) is 2.16. The molecule has 0 spiro atoms. The second kappa shape index (κ2) is 4.36. The summed E-state index contributed by atoms with van der Waals surface area (Å²) in [6.45, 7) is 0. The highest BCUT2D eigenvalue weighted by molar-refractivity contribution is 7.13. The van der Waals surface area contributed by atoms with Crippen molar-refractivity contribution in [1.82, 2.24) is 0 Å². The number of hydrogen-bond acceptors (Lipinski definition) is 3. The van der Waals surface area contributed by atoms with Gasteiger partial charge in [-0.05, 0) is 29.8 Å². The van der Waals surface area contributed by atoms with Crippen LogP contribution in [0.15, 0.2) is 29.6 Å². The van der Waals surface area contributed by atoms with Crippen molar-refractivity contribution < 1.29 is 14.3 Å². The van der Waals surface area contributed by atoms with Crippen molar-refractivity contribution in [1.29, 1.82) is 5.26 Å². The van der Waals surface area contributed by atoms with E-state index in [4.69, 9.17) is 10.4 Å². The summed E-state index contributed by atoms with van der Waals surface area (Å²) < 4.78 is 13.2. The van der Waals surface area contributed by atoms with Gasteiger partial charge < -0.3 is 5.11 Å². The molecule has 5 heteroatoms. The van der Waals surface area contributed by atoms with Crippen LogP contribution in [-0.2, 0) is 0 Å². The van der Waals surface area contributed by atoms with Gasteiger partial charge >= 0.3 is 5.97 Å². The van der Waals surface area contributed by atoms with Crippen LogP contribution in [0, 0.1) is 17.1 Å². The van der Waals surface area contributed by atoms with Gasteiger partial charge in [0.2, 0.25) is 0 Å². The van der Waals surface area contributed by atoms with Crippen molar-refractivity contribution in [3.63, 3.8) is 0 Å². The lowest BCUT2D eigenvalue weighted by Gasteiger charge is -1.98. The van der Waals surface area contributed by atoms with Crippen molar-refractivity contribution in [3.05, 3.63) is 46.6 Å². The molecule has 1 aromatic heterocycles. The van der Waals surface area contributed by atoms with Crippen LogP contribution in [0.2, 0.25) is 0 Å². The first kappa shape index (κ1) is 11.3. The smallest absolute Gasteiger partial charge is 0.336 e. The first-order valence-corrected chi connectivity index (χ1v) is 5.51. The van der Waals surface area contributed by atoms with Crippen molar-refractivity contribution >= 4 is 17.3 Å². The number of aromatic carboxylic acids is 1. The lowest BCUT2D eigenvalue weighted by Crippen LogP contribution is -1.91. The largest absolute Gasteiger partial charge is 0.478 e. The number of nitrogens with zero attached hydrogens (tertiary/aromatic N) is 1. The summed E-state index contributed by atoms with van der Waals surface area (Å²) in [5.41, 5.74) is 0.886. The van der Waals surface area contributed by atoms with Crippen LogP contribution in [0.3, 0.4) is 0 Å². The summed E-state index contributed by atoms with van der Waals surface area (Å²) in [5.74, 6) is -1.53. The minimum atomic E-state index is -1.02. The Hall–Kier alpha value is -2.19. The first-order valence-electron chi connectivity index (χ1n) is 4.63. The molecule has 17 heavy (non-hydrogen) atoms. The maximum Gasteiger partial charge on any atom is 0.336 e. The molecule has 0 aliphatic rings. The lowest BCUT2D eigenvalue weighted by atomic mass is 10.1. The number of nitriles is 1. The summed E-state index contributed by atoms with van der Waals surface area (Å²) in [6, 6.07) is 7.26. The Bertz CT molecular complexity index is 628. The normalized spacial score (nSPS) is 9.88. The number of rotatable bonds is 2. The van der Waals surface area contributed by atoms with Gasteiger partial charge in [-0.1, -0.05) is 0 Å². The minimum Gasteiger partial charge on any atom is -0.478 e. The number of carbonyl (C=O) groups is 1. The molecule has 0 amide bonds. The molecule has 0 aliphatic carbocycles. The number of benzene rings is 1. The Kier molecular flexibility index (Phi) is 2.90. The number of thiophene rings is 1. The van der Waals surface area contributed by atoms with E-state index in [9.17, 15) is 9.18 Å². The molecule has 1 aromatic carbocycles. The molecule has 0 fully saturated rings. The van der Waals surface area contributed by atoms with Gasteiger partial charge in [0.25, 0.3) is 0 Å². The SMILES string of the molecule is N#Cc1cc(F)cc(-c2cc(C(=O)O)cs2)c1. The van der Waals surface area contributed by atoms with Crippen LogP contribution in [0.25, 0.3) is 10.4 Å². The fraction of sp³-hybridized carbons (Fsp3) is 0. The second-order valence-corrected chi connectivity index (χ2v) is 4.26. The summed E-state index contributed by atoms with van der Waals surface area (Å²) in [5, 5.41) is 19.0. The Labute approximate surface area is 100 Å². The Balaban J connectivity index is 2.49. The van der Waals surface area contributed by atoms with Gasteiger partial charge in [0.05, 0.1) is 17.2 Å². The van der Waals surface area contributed by atoms with E-state index in [2.05, 4.69) is 0 Å². The summed E-state index contributed by atoms with van der Waals surface area (Å²) in [6.07, 6.45) is 0. The van der Waals surface area contributed by atoms with Crippen molar-refractivity contribution in [2.75, 3.05) is 0 Å². The van der Waals surface area contributed by atoms with Crippen LogP contribution in [0.5, 0.6) is 0 Å². The quantitative estimate of drug-likeness (QED) is 0.886. The fourth-order valence-electron chi connectivity index (χ4n) is 1.40. The van der Waals surface area contributed by atoms with E-state index in [0.29, 0.717) is 10.4 Å². The molecular formula is C12H6FNO2S. The highest BCUT2D eigenvalue weighted by Gasteiger charge is 2.09. The van der Waals surface area contributed by atoms with Gasteiger partial charge in [-0.15, -0.1) is 11.3 Å². The molecule has 0 aliphatic heterocycles. The Morgan fingerprint density at radius 1 is 1.35 bits per heavy atom. The predicted octanol–water partition coefficient (Wildman–Crippen LogP) is 3.12. The third-order valence-corrected chi connectivity index (χ3v) is 3.14. The molecule has 2 aromatic rings. The molecule has 3 nitrogen and oxygen atoms in total. The zero-order valence-electron chi connectivity index (χ0n) is 8.48. The summed E-state index contributed by atoms with van der Waals surface area (Å²) >= 11 is 1.20. The molecule has 2 rings (SSSR count). The molecule has 0 atom stereocenters. The predicted molar refractivity (Wildman–Crippen MR) is 61.4 cm³/mol. The molecule has 0 radical (unpaired) electrons. The molecular weight excluding hydrogens is 241 g/mol. The zero-order chi connectivity index (χ0) is 12.4. The molecule has 0 unspecified atom stereocenters. The maximum absolute atomic E-state index is 13.2. The van der Waals surface area contributed by atoms with Gasteiger partial charge in [-0.2, -0.15) is 5.26 Å².